The summed E-state index contributed by atoms with van der Waals surface area (Å²) in [6.07, 6.45) is 1.52. The lowest BCUT2D eigenvalue weighted by molar-refractivity contribution is 0.0601. The smallest absolute Gasteiger partial charge is 0.339 e. The van der Waals surface area contributed by atoms with Gasteiger partial charge in [0.2, 0.25) is 0 Å². The molecule has 0 N–H and O–H groups in total. The molecular weight excluding hydrogens is 283 g/mol. The Kier molecular flexibility index (Phi) is 2.71. The van der Waals surface area contributed by atoms with E-state index in [1.807, 2.05) is 0 Å². The zero-order chi connectivity index (χ0) is 11.0. The number of ether oxygens (including phenoxy) is 1. The van der Waals surface area contributed by atoms with Gasteiger partial charge < -0.3 is 9.15 Å². The van der Waals surface area contributed by atoms with E-state index in [-0.39, 0.29) is 0 Å². The number of benzene rings is 1. The lowest BCUT2D eigenvalue weighted by Gasteiger charge is -2.04. The summed E-state index contributed by atoms with van der Waals surface area (Å²) >= 11 is 9.35. The van der Waals surface area contributed by atoms with Crippen LogP contribution in [-0.2, 0) is 4.74 Å². The van der Waals surface area contributed by atoms with Crippen LogP contribution in [0.1, 0.15) is 10.4 Å². The molecule has 0 amide bonds. The highest BCUT2D eigenvalue weighted by Crippen LogP contribution is 2.34. The zero-order valence-electron chi connectivity index (χ0n) is 7.71. The van der Waals surface area contributed by atoms with Gasteiger partial charge in [0.1, 0.15) is 5.58 Å². The molecule has 0 bridgehead atoms. The van der Waals surface area contributed by atoms with Crippen molar-refractivity contribution in [3.8, 4) is 0 Å². The van der Waals surface area contributed by atoms with Crippen LogP contribution in [0.25, 0.3) is 11.0 Å². The third-order valence-electron chi connectivity index (χ3n) is 2.03. The average molecular weight is 290 g/mol. The maximum Gasteiger partial charge on any atom is 0.339 e. The van der Waals surface area contributed by atoms with Crippen LogP contribution in [0.3, 0.4) is 0 Å². The fraction of sp³-hybridized carbons (Fsp3) is 0.100. The molecule has 1 aromatic heterocycles. The molecule has 3 nitrogen and oxygen atoms in total. The number of carbonyl (C=O) groups excluding carboxylic acids is 1. The molecule has 0 atom stereocenters. The van der Waals surface area contributed by atoms with E-state index in [1.165, 1.54) is 13.4 Å². The first-order valence-electron chi connectivity index (χ1n) is 4.08. The molecule has 0 saturated carbocycles. The van der Waals surface area contributed by atoms with Crippen molar-refractivity contribution in [2.45, 2.75) is 0 Å². The van der Waals surface area contributed by atoms with Crippen molar-refractivity contribution < 1.29 is 13.9 Å². The van der Waals surface area contributed by atoms with Gasteiger partial charge in [-0.15, -0.1) is 0 Å². The molecule has 0 aliphatic carbocycles. The molecule has 2 aromatic rings. The summed E-state index contributed by atoms with van der Waals surface area (Å²) in [5, 5.41) is 1.03. The number of rotatable bonds is 1. The van der Waals surface area contributed by atoms with Gasteiger partial charge in [-0.05, 0) is 28.1 Å². The molecule has 1 aromatic carbocycles. The summed E-state index contributed by atoms with van der Waals surface area (Å²) in [6.45, 7) is 0. The van der Waals surface area contributed by atoms with E-state index in [2.05, 4.69) is 20.7 Å². The Hall–Kier alpha value is -1.00. The number of hydrogen-bond donors (Lipinski definition) is 0. The van der Waals surface area contributed by atoms with Crippen LogP contribution in [0.2, 0.25) is 5.02 Å². The van der Waals surface area contributed by atoms with Crippen molar-refractivity contribution in [2.75, 3.05) is 7.11 Å². The van der Waals surface area contributed by atoms with Crippen LogP contribution >= 0.6 is 27.5 Å². The SMILES string of the molecule is COC(=O)c1cc(Br)c2occc2c1Cl. The first-order valence-corrected chi connectivity index (χ1v) is 5.25. The molecule has 0 aliphatic heterocycles. The molecule has 0 spiro atoms. The molecule has 1 heterocycles. The van der Waals surface area contributed by atoms with Crippen molar-refractivity contribution in [3.63, 3.8) is 0 Å². The average Bonchev–Trinajstić information content (AvgIpc) is 2.71. The molecule has 0 aliphatic rings. The van der Waals surface area contributed by atoms with Gasteiger partial charge in [0.15, 0.2) is 0 Å². The van der Waals surface area contributed by atoms with Crippen molar-refractivity contribution in [1.29, 1.82) is 0 Å². The van der Waals surface area contributed by atoms with E-state index in [4.69, 9.17) is 16.0 Å². The summed E-state index contributed by atoms with van der Waals surface area (Å²) in [7, 11) is 1.31. The highest BCUT2D eigenvalue weighted by atomic mass is 79.9. The molecule has 5 heteroatoms. The van der Waals surface area contributed by atoms with Crippen LogP contribution in [0, 0.1) is 0 Å². The zero-order valence-corrected chi connectivity index (χ0v) is 10.1. The number of methoxy groups -OCH3 is 1. The number of halogens is 2. The molecule has 15 heavy (non-hydrogen) atoms. The topological polar surface area (TPSA) is 39.4 Å². The number of carbonyl (C=O) groups is 1. The normalized spacial score (nSPS) is 10.6. The summed E-state index contributed by atoms with van der Waals surface area (Å²) in [5.41, 5.74) is 0.938. The van der Waals surface area contributed by atoms with E-state index in [1.54, 1.807) is 12.1 Å². The second-order valence-corrected chi connectivity index (χ2v) is 4.11. The van der Waals surface area contributed by atoms with Crippen LogP contribution < -0.4 is 0 Å². The standard InChI is InChI=1S/C10H6BrClO3/c1-14-10(13)6-4-7(11)9-5(8(6)12)2-3-15-9/h2-4H,1H3. The monoisotopic (exact) mass is 288 g/mol. The Morgan fingerprint density at radius 2 is 2.33 bits per heavy atom. The Morgan fingerprint density at radius 1 is 1.60 bits per heavy atom. The largest absolute Gasteiger partial charge is 0.465 e. The minimum absolute atomic E-state index is 0.319. The maximum atomic E-state index is 11.4. The van der Waals surface area contributed by atoms with Gasteiger partial charge in [-0.25, -0.2) is 4.79 Å². The first kappa shape index (κ1) is 10.5. The minimum atomic E-state index is -0.469. The third kappa shape index (κ3) is 1.64. The van der Waals surface area contributed by atoms with Gasteiger partial charge in [0.05, 0.1) is 28.4 Å². The Morgan fingerprint density at radius 3 is 3.00 bits per heavy atom. The predicted octanol–water partition coefficient (Wildman–Crippen LogP) is 3.64. The van der Waals surface area contributed by atoms with Crippen LogP contribution in [0.4, 0.5) is 0 Å². The third-order valence-corrected chi connectivity index (χ3v) is 3.03. The number of furan rings is 1. The Bertz CT molecular complexity index is 533. The Labute approximate surface area is 99.1 Å². The van der Waals surface area contributed by atoms with Gasteiger partial charge in [-0.2, -0.15) is 0 Å². The van der Waals surface area contributed by atoms with E-state index in [0.717, 1.165) is 0 Å². The van der Waals surface area contributed by atoms with E-state index >= 15 is 0 Å². The fourth-order valence-electron chi connectivity index (χ4n) is 1.33. The van der Waals surface area contributed by atoms with E-state index < -0.39 is 5.97 Å². The highest BCUT2D eigenvalue weighted by molar-refractivity contribution is 9.10. The van der Waals surface area contributed by atoms with Gasteiger partial charge in [-0.3, -0.25) is 0 Å². The number of hydrogen-bond acceptors (Lipinski definition) is 3. The highest BCUT2D eigenvalue weighted by Gasteiger charge is 2.17. The number of esters is 1. The molecule has 0 fully saturated rings. The molecule has 0 radical (unpaired) electrons. The van der Waals surface area contributed by atoms with Crippen LogP contribution in [-0.4, -0.2) is 13.1 Å². The molecule has 0 unspecified atom stereocenters. The second kappa shape index (κ2) is 3.87. The summed E-state index contributed by atoms with van der Waals surface area (Å²) in [4.78, 5) is 11.4. The van der Waals surface area contributed by atoms with E-state index in [0.29, 0.717) is 26.0 Å². The van der Waals surface area contributed by atoms with Crippen LogP contribution in [0.15, 0.2) is 27.3 Å². The van der Waals surface area contributed by atoms with Gasteiger partial charge >= 0.3 is 5.97 Å². The summed E-state index contributed by atoms with van der Waals surface area (Å²) < 4.78 is 10.5. The minimum Gasteiger partial charge on any atom is -0.465 e. The Balaban J connectivity index is 2.76. The lowest BCUT2D eigenvalue weighted by Crippen LogP contribution is -2.02. The maximum absolute atomic E-state index is 11.4. The molecule has 78 valence electrons. The fourth-order valence-corrected chi connectivity index (χ4v) is 2.14. The molecule has 0 saturated heterocycles. The summed E-state index contributed by atoms with van der Waals surface area (Å²) in [5.74, 6) is -0.469. The van der Waals surface area contributed by atoms with Gasteiger partial charge in [-0.1, -0.05) is 11.6 Å². The van der Waals surface area contributed by atoms with E-state index in [9.17, 15) is 4.79 Å². The lowest BCUT2D eigenvalue weighted by atomic mass is 10.1. The van der Waals surface area contributed by atoms with Crippen molar-refractivity contribution >= 4 is 44.5 Å². The first-order chi connectivity index (χ1) is 7.15. The van der Waals surface area contributed by atoms with Crippen molar-refractivity contribution in [2.24, 2.45) is 0 Å². The van der Waals surface area contributed by atoms with Gasteiger partial charge in [0, 0.05) is 5.39 Å². The number of fused-ring (bicyclic) bond motifs is 1. The molecule has 2 rings (SSSR count). The summed E-state index contributed by atoms with van der Waals surface area (Å²) in [6, 6.07) is 3.29. The predicted molar refractivity (Wildman–Crippen MR) is 60.3 cm³/mol. The van der Waals surface area contributed by atoms with Gasteiger partial charge in [0.25, 0.3) is 0 Å². The van der Waals surface area contributed by atoms with Crippen molar-refractivity contribution in [3.05, 3.63) is 33.5 Å². The second-order valence-electron chi connectivity index (χ2n) is 2.87. The van der Waals surface area contributed by atoms with Crippen molar-refractivity contribution in [1.82, 2.24) is 0 Å². The molecular formula is C10H6BrClO3. The quantitative estimate of drug-likeness (QED) is 0.753. The van der Waals surface area contributed by atoms with Crippen LogP contribution in [0.5, 0.6) is 0 Å².